The highest BCUT2D eigenvalue weighted by Crippen LogP contribution is 2.30. The summed E-state index contributed by atoms with van der Waals surface area (Å²) in [6.45, 7) is 1.60. The van der Waals surface area contributed by atoms with Gasteiger partial charge in [-0.3, -0.25) is 0 Å². The average Bonchev–Trinajstić information content (AvgIpc) is 1.88. The van der Waals surface area contributed by atoms with Crippen LogP contribution in [0.2, 0.25) is 0 Å². The van der Waals surface area contributed by atoms with Crippen LogP contribution in [-0.4, -0.2) is 10.8 Å². The van der Waals surface area contributed by atoms with Gasteiger partial charge in [0.15, 0.2) is 0 Å². The van der Waals surface area contributed by atoms with Gasteiger partial charge in [0.2, 0.25) is 0 Å². The first-order valence-corrected chi connectivity index (χ1v) is 4.08. The molecule has 2 nitrogen and oxygen atoms in total. The van der Waals surface area contributed by atoms with Crippen molar-refractivity contribution in [2.45, 2.75) is 44.8 Å². The van der Waals surface area contributed by atoms with Crippen molar-refractivity contribution in [2.75, 3.05) is 0 Å². The maximum Gasteiger partial charge on any atom is 0.128 e. The van der Waals surface area contributed by atoms with Crippen LogP contribution in [0, 0.1) is 5.92 Å². The molecule has 1 aliphatic carbocycles. The fourth-order valence-electron chi connectivity index (χ4n) is 1.66. The quantitative estimate of drug-likeness (QED) is 0.593. The van der Waals surface area contributed by atoms with Gasteiger partial charge in [-0.15, -0.1) is 0 Å². The van der Waals surface area contributed by atoms with E-state index in [1.807, 2.05) is 0 Å². The lowest BCUT2D eigenvalue weighted by molar-refractivity contribution is -0.0177. The van der Waals surface area contributed by atoms with Gasteiger partial charge in [0.1, 0.15) is 5.72 Å². The van der Waals surface area contributed by atoms with Gasteiger partial charge in [-0.05, 0) is 19.8 Å². The summed E-state index contributed by atoms with van der Waals surface area (Å²) >= 11 is 0. The molecule has 1 unspecified atom stereocenters. The predicted octanol–water partition coefficient (Wildman–Crippen LogP) is 1.56. The van der Waals surface area contributed by atoms with Crippen LogP contribution in [0.15, 0.2) is 0 Å². The predicted molar refractivity (Wildman–Crippen MR) is 40.3 cm³/mol. The Bertz CT molecular complexity index is 100. The van der Waals surface area contributed by atoms with Crippen molar-refractivity contribution < 1.29 is 5.11 Å². The molecule has 1 radical (unpaired) electrons. The Kier molecular flexibility index (Phi) is 2.32. The third kappa shape index (κ3) is 1.96. The molecule has 0 heterocycles. The van der Waals surface area contributed by atoms with Gasteiger partial charge in [0.05, 0.1) is 0 Å². The van der Waals surface area contributed by atoms with Crippen molar-refractivity contribution in [3.8, 4) is 0 Å². The summed E-state index contributed by atoms with van der Waals surface area (Å²) in [5, 5.41) is 9.31. The Labute approximate surface area is 62.4 Å². The van der Waals surface area contributed by atoms with Crippen molar-refractivity contribution in [1.29, 1.82) is 0 Å². The van der Waals surface area contributed by atoms with Crippen LogP contribution >= 0.6 is 0 Å². The van der Waals surface area contributed by atoms with Crippen LogP contribution in [0.25, 0.3) is 0 Å². The minimum absolute atomic E-state index is 0.223. The van der Waals surface area contributed by atoms with Crippen LogP contribution in [-0.2, 0) is 0 Å². The molecule has 0 aromatic heterocycles. The maximum absolute atomic E-state index is 9.31. The summed E-state index contributed by atoms with van der Waals surface area (Å²) in [5.41, 5.74) is 6.20. The second-order valence-electron chi connectivity index (χ2n) is 3.48. The summed E-state index contributed by atoms with van der Waals surface area (Å²) in [7, 11) is 0. The average molecular weight is 142 g/mol. The molecule has 0 bridgehead atoms. The van der Waals surface area contributed by atoms with E-state index in [0.29, 0.717) is 0 Å². The minimum atomic E-state index is -1.18. The normalized spacial score (nSPS) is 27.9. The lowest BCUT2D eigenvalue weighted by Crippen LogP contribution is -2.37. The second kappa shape index (κ2) is 2.89. The number of hydrogen-bond donors (Lipinski definition) is 1. The van der Waals surface area contributed by atoms with Crippen molar-refractivity contribution in [2.24, 2.45) is 5.92 Å². The van der Waals surface area contributed by atoms with E-state index in [0.717, 1.165) is 12.8 Å². The molecule has 0 aromatic carbocycles. The second-order valence-corrected chi connectivity index (χ2v) is 3.48. The molecule has 0 amide bonds. The third-order valence-electron chi connectivity index (χ3n) is 2.40. The van der Waals surface area contributed by atoms with Gasteiger partial charge in [-0.2, -0.15) is 0 Å². The molecule has 10 heavy (non-hydrogen) atoms. The van der Waals surface area contributed by atoms with E-state index < -0.39 is 5.72 Å². The zero-order valence-corrected chi connectivity index (χ0v) is 6.56. The molecule has 0 aliphatic heterocycles. The molecule has 0 saturated heterocycles. The van der Waals surface area contributed by atoms with Crippen LogP contribution in [0.1, 0.15) is 39.0 Å². The highest BCUT2D eigenvalue weighted by molar-refractivity contribution is 4.77. The lowest BCUT2D eigenvalue weighted by Gasteiger charge is -2.31. The van der Waals surface area contributed by atoms with Gasteiger partial charge in [-0.1, -0.05) is 19.3 Å². The summed E-state index contributed by atoms with van der Waals surface area (Å²) in [6, 6.07) is 0. The number of nitrogens with one attached hydrogen (secondary N) is 1. The Balaban J connectivity index is 2.39. The summed E-state index contributed by atoms with van der Waals surface area (Å²) in [5.74, 6) is 0.223. The molecular formula is C8H16NO. The Morgan fingerprint density at radius 3 is 2.10 bits per heavy atom. The first kappa shape index (κ1) is 8.02. The lowest BCUT2D eigenvalue weighted by atomic mass is 9.83. The highest BCUT2D eigenvalue weighted by Gasteiger charge is 2.28. The van der Waals surface area contributed by atoms with Crippen LogP contribution in [0.4, 0.5) is 0 Å². The fourth-order valence-corrected chi connectivity index (χ4v) is 1.66. The highest BCUT2D eigenvalue weighted by atomic mass is 16.3. The van der Waals surface area contributed by atoms with Gasteiger partial charge in [-0.25, -0.2) is 5.73 Å². The van der Waals surface area contributed by atoms with E-state index in [1.54, 1.807) is 6.92 Å². The SMILES string of the molecule is CC([NH])(O)C1CCCCC1. The number of rotatable bonds is 1. The van der Waals surface area contributed by atoms with Crippen molar-refractivity contribution in [1.82, 2.24) is 5.73 Å². The third-order valence-corrected chi connectivity index (χ3v) is 2.40. The monoisotopic (exact) mass is 142 g/mol. The van der Waals surface area contributed by atoms with Crippen molar-refractivity contribution in [3.05, 3.63) is 0 Å². The van der Waals surface area contributed by atoms with E-state index in [4.69, 9.17) is 5.73 Å². The smallest absolute Gasteiger partial charge is 0.128 e. The standard InChI is InChI=1S/C8H16NO/c1-8(9,10)7-5-3-2-4-6-7/h7,9-10H,2-6H2,1H3. The van der Waals surface area contributed by atoms with Crippen LogP contribution in [0.3, 0.4) is 0 Å². The Hall–Kier alpha value is -0.0800. The molecule has 1 fully saturated rings. The molecule has 59 valence electrons. The molecule has 0 spiro atoms. The van der Waals surface area contributed by atoms with E-state index in [2.05, 4.69) is 0 Å². The van der Waals surface area contributed by atoms with E-state index in [9.17, 15) is 5.11 Å². The summed E-state index contributed by atoms with van der Waals surface area (Å²) < 4.78 is 0. The van der Waals surface area contributed by atoms with Gasteiger partial charge < -0.3 is 5.11 Å². The molecular weight excluding hydrogens is 126 g/mol. The molecule has 1 rings (SSSR count). The van der Waals surface area contributed by atoms with Crippen LogP contribution < -0.4 is 5.73 Å². The summed E-state index contributed by atoms with van der Waals surface area (Å²) in [4.78, 5) is 0. The first-order valence-electron chi connectivity index (χ1n) is 4.08. The number of aliphatic hydroxyl groups is 1. The maximum atomic E-state index is 9.31. The Morgan fingerprint density at radius 2 is 1.80 bits per heavy atom. The zero-order chi connectivity index (χ0) is 7.61. The molecule has 2 N–H and O–H groups in total. The van der Waals surface area contributed by atoms with Gasteiger partial charge >= 0.3 is 0 Å². The van der Waals surface area contributed by atoms with E-state index in [-0.39, 0.29) is 5.92 Å². The van der Waals surface area contributed by atoms with E-state index in [1.165, 1.54) is 19.3 Å². The minimum Gasteiger partial charge on any atom is -0.375 e. The van der Waals surface area contributed by atoms with E-state index >= 15 is 0 Å². The van der Waals surface area contributed by atoms with Crippen molar-refractivity contribution in [3.63, 3.8) is 0 Å². The molecule has 1 aliphatic rings. The number of hydrogen-bond acceptors (Lipinski definition) is 1. The topological polar surface area (TPSA) is 44.0 Å². The largest absolute Gasteiger partial charge is 0.375 e. The molecule has 2 heteroatoms. The molecule has 0 aromatic rings. The van der Waals surface area contributed by atoms with Gasteiger partial charge in [0.25, 0.3) is 0 Å². The zero-order valence-electron chi connectivity index (χ0n) is 6.56. The fraction of sp³-hybridized carbons (Fsp3) is 1.00. The molecule has 1 saturated carbocycles. The first-order chi connectivity index (χ1) is 4.61. The summed E-state index contributed by atoms with van der Waals surface area (Å²) in [6.07, 6.45) is 5.75. The Morgan fingerprint density at radius 1 is 1.30 bits per heavy atom. The van der Waals surface area contributed by atoms with Crippen molar-refractivity contribution >= 4 is 0 Å². The van der Waals surface area contributed by atoms with Gasteiger partial charge in [0, 0.05) is 5.92 Å². The molecule has 1 atom stereocenters. The van der Waals surface area contributed by atoms with Crippen LogP contribution in [0.5, 0.6) is 0 Å².